The molecule has 0 aliphatic carbocycles. The third kappa shape index (κ3) is 3.10. The average molecular weight is 350 g/mol. The number of nitrogens with zero attached hydrogens (tertiary/aromatic N) is 2. The monoisotopic (exact) mass is 349 g/mol. The summed E-state index contributed by atoms with van der Waals surface area (Å²) in [5.41, 5.74) is 0. The van der Waals surface area contributed by atoms with E-state index in [4.69, 9.17) is 9.47 Å². The van der Waals surface area contributed by atoms with Crippen LogP contribution >= 0.6 is 15.9 Å². The lowest BCUT2D eigenvalue weighted by Crippen LogP contribution is -2.24. The van der Waals surface area contributed by atoms with Crippen molar-refractivity contribution in [3.8, 4) is 11.5 Å². The molecule has 2 aromatic rings. The van der Waals surface area contributed by atoms with Crippen molar-refractivity contribution in [1.29, 1.82) is 0 Å². The molecule has 21 heavy (non-hydrogen) atoms. The maximum Gasteiger partial charge on any atom is 0.192 e. The molecule has 0 radical (unpaired) electrons. The Hall–Kier alpha value is -1.82. The van der Waals surface area contributed by atoms with Gasteiger partial charge in [-0.1, -0.05) is 19.1 Å². The molecule has 0 saturated heterocycles. The molecule has 0 amide bonds. The summed E-state index contributed by atoms with van der Waals surface area (Å²) in [4.78, 5) is 8.87. The predicted molar refractivity (Wildman–Crippen MR) is 83.8 cm³/mol. The number of para-hydroxylation sites is 2. The van der Waals surface area contributed by atoms with Gasteiger partial charge in [0.25, 0.3) is 0 Å². The highest BCUT2D eigenvalue weighted by Crippen LogP contribution is 2.35. The zero-order valence-corrected chi connectivity index (χ0v) is 13.3. The molecule has 0 fully saturated rings. The number of fused-ring (bicyclic) bond motifs is 1. The van der Waals surface area contributed by atoms with Crippen molar-refractivity contribution in [3.63, 3.8) is 0 Å². The molecule has 1 unspecified atom stereocenters. The summed E-state index contributed by atoms with van der Waals surface area (Å²) < 4.78 is 12.5. The van der Waals surface area contributed by atoms with E-state index in [1.807, 2.05) is 24.3 Å². The quantitative estimate of drug-likeness (QED) is 0.914. The second-order valence-corrected chi connectivity index (χ2v) is 5.57. The molecule has 1 atom stereocenters. The summed E-state index contributed by atoms with van der Waals surface area (Å²) in [6.45, 7) is 3.38. The summed E-state index contributed by atoms with van der Waals surface area (Å²) in [5, 5.41) is 3.27. The fraction of sp³-hybridized carbons (Fsp3) is 0.333. The molecule has 1 aromatic carbocycles. The van der Waals surface area contributed by atoms with Gasteiger partial charge in [0.1, 0.15) is 12.4 Å². The number of ether oxygens (including phenoxy) is 2. The summed E-state index contributed by atoms with van der Waals surface area (Å²) in [5.74, 6) is 2.88. The topological polar surface area (TPSA) is 56.3 Å². The summed E-state index contributed by atoms with van der Waals surface area (Å²) in [6.07, 6.45) is 2.47. The number of halogens is 1. The molecule has 0 spiro atoms. The van der Waals surface area contributed by atoms with Crippen molar-refractivity contribution in [3.05, 3.63) is 40.8 Å². The molecule has 1 aliphatic rings. The van der Waals surface area contributed by atoms with Crippen LogP contribution in [0.5, 0.6) is 11.5 Å². The number of aromatic nitrogens is 2. The van der Waals surface area contributed by atoms with Crippen LogP contribution < -0.4 is 14.8 Å². The minimum absolute atomic E-state index is 0.296. The van der Waals surface area contributed by atoms with Crippen LogP contribution in [0.4, 0.5) is 5.82 Å². The van der Waals surface area contributed by atoms with Gasteiger partial charge in [0, 0.05) is 12.7 Å². The second kappa shape index (κ2) is 6.30. The van der Waals surface area contributed by atoms with E-state index in [2.05, 4.69) is 38.1 Å². The lowest BCUT2D eigenvalue weighted by molar-refractivity contribution is 0.0851. The fourth-order valence-corrected chi connectivity index (χ4v) is 2.38. The van der Waals surface area contributed by atoms with E-state index in [9.17, 15) is 0 Å². The van der Waals surface area contributed by atoms with Gasteiger partial charge in [0.2, 0.25) is 0 Å². The number of hydrogen-bond acceptors (Lipinski definition) is 5. The Morgan fingerprint density at radius 3 is 2.95 bits per heavy atom. The number of hydrogen-bond donors (Lipinski definition) is 1. The van der Waals surface area contributed by atoms with Gasteiger partial charge in [0.05, 0.1) is 4.47 Å². The zero-order chi connectivity index (χ0) is 14.7. The van der Waals surface area contributed by atoms with Gasteiger partial charge >= 0.3 is 0 Å². The van der Waals surface area contributed by atoms with Gasteiger partial charge in [-0.05, 0) is 34.5 Å². The van der Waals surface area contributed by atoms with Crippen LogP contribution in [-0.2, 0) is 0 Å². The number of rotatable bonds is 4. The van der Waals surface area contributed by atoms with Gasteiger partial charge in [-0.3, -0.25) is 0 Å². The summed E-state index contributed by atoms with van der Waals surface area (Å²) >= 11 is 3.45. The van der Waals surface area contributed by atoms with Crippen LogP contribution in [0.15, 0.2) is 34.9 Å². The summed E-state index contributed by atoms with van der Waals surface area (Å²) in [6, 6.07) is 7.62. The minimum atomic E-state index is -0.296. The SMILES string of the molecule is CCCNc1nc(C2COc3ccccc3O2)ncc1Br. The average Bonchev–Trinajstić information content (AvgIpc) is 2.53. The van der Waals surface area contributed by atoms with Gasteiger partial charge in [-0.25, -0.2) is 9.97 Å². The second-order valence-electron chi connectivity index (χ2n) is 4.72. The number of benzene rings is 1. The Kier molecular flexibility index (Phi) is 4.24. The maximum atomic E-state index is 5.92. The first-order chi connectivity index (χ1) is 10.3. The Morgan fingerprint density at radius 2 is 2.14 bits per heavy atom. The Morgan fingerprint density at radius 1 is 1.33 bits per heavy atom. The lowest BCUT2D eigenvalue weighted by Gasteiger charge is -2.25. The van der Waals surface area contributed by atoms with Crippen LogP contribution in [0.1, 0.15) is 25.3 Å². The molecule has 0 saturated carbocycles. The normalized spacial score (nSPS) is 16.6. The van der Waals surface area contributed by atoms with E-state index < -0.39 is 0 Å². The molecule has 5 nitrogen and oxygen atoms in total. The van der Waals surface area contributed by atoms with Gasteiger partial charge < -0.3 is 14.8 Å². The van der Waals surface area contributed by atoms with Crippen molar-refractivity contribution in [2.75, 3.05) is 18.5 Å². The molecular weight excluding hydrogens is 334 g/mol. The van der Waals surface area contributed by atoms with E-state index in [0.717, 1.165) is 34.8 Å². The fourth-order valence-electron chi connectivity index (χ4n) is 2.05. The highest BCUT2D eigenvalue weighted by molar-refractivity contribution is 9.10. The van der Waals surface area contributed by atoms with Crippen LogP contribution in [-0.4, -0.2) is 23.1 Å². The third-order valence-electron chi connectivity index (χ3n) is 3.10. The third-order valence-corrected chi connectivity index (χ3v) is 3.68. The molecule has 110 valence electrons. The molecule has 0 bridgehead atoms. The van der Waals surface area contributed by atoms with Crippen LogP contribution in [0, 0.1) is 0 Å². The maximum absolute atomic E-state index is 5.92. The standard InChI is InChI=1S/C15H16BrN3O2/c1-2-7-17-14-10(16)8-18-15(19-14)13-9-20-11-5-3-4-6-12(11)21-13/h3-6,8,13H,2,7,9H2,1H3,(H,17,18,19). The smallest absolute Gasteiger partial charge is 0.192 e. The first-order valence-electron chi connectivity index (χ1n) is 6.92. The van der Waals surface area contributed by atoms with Crippen LogP contribution in [0.2, 0.25) is 0 Å². The molecule has 3 rings (SSSR count). The Balaban J connectivity index is 1.81. The first-order valence-corrected chi connectivity index (χ1v) is 7.72. The van der Waals surface area contributed by atoms with E-state index in [-0.39, 0.29) is 6.10 Å². The van der Waals surface area contributed by atoms with E-state index in [1.54, 1.807) is 6.20 Å². The number of nitrogens with one attached hydrogen (secondary N) is 1. The molecule has 1 aromatic heterocycles. The molecular formula is C15H16BrN3O2. The minimum Gasteiger partial charge on any atom is -0.485 e. The molecule has 6 heteroatoms. The Labute approximate surface area is 131 Å². The van der Waals surface area contributed by atoms with Crippen molar-refractivity contribution in [1.82, 2.24) is 9.97 Å². The highest BCUT2D eigenvalue weighted by atomic mass is 79.9. The predicted octanol–water partition coefficient (Wildman–Crippen LogP) is 3.57. The van der Waals surface area contributed by atoms with E-state index >= 15 is 0 Å². The van der Waals surface area contributed by atoms with Crippen molar-refractivity contribution in [2.24, 2.45) is 0 Å². The summed E-state index contributed by atoms with van der Waals surface area (Å²) in [7, 11) is 0. The van der Waals surface area contributed by atoms with Crippen LogP contribution in [0.3, 0.4) is 0 Å². The van der Waals surface area contributed by atoms with Gasteiger partial charge in [-0.15, -0.1) is 0 Å². The molecule has 1 aliphatic heterocycles. The van der Waals surface area contributed by atoms with Crippen molar-refractivity contribution in [2.45, 2.75) is 19.4 Å². The largest absolute Gasteiger partial charge is 0.485 e. The van der Waals surface area contributed by atoms with Gasteiger partial charge in [-0.2, -0.15) is 0 Å². The van der Waals surface area contributed by atoms with E-state index in [0.29, 0.717) is 12.4 Å². The first kappa shape index (κ1) is 14.1. The highest BCUT2D eigenvalue weighted by Gasteiger charge is 2.25. The lowest BCUT2D eigenvalue weighted by atomic mass is 10.2. The number of anilines is 1. The van der Waals surface area contributed by atoms with E-state index in [1.165, 1.54) is 0 Å². The molecule has 1 N–H and O–H groups in total. The van der Waals surface area contributed by atoms with Crippen molar-refractivity contribution >= 4 is 21.7 Å². The molecule has 2 heterocycles. The van der Waals surface area contributed by atoms with Crippen molar-refractivity contribution < 1.29 is 9.47 Å². The Bertz CT molecular complexity index is 636. The van der Waals surface area contributed by atoms with Crippen LogP contribution in [0.25, 0.3) is 0 Å². The zero-order valence-electron chi connectivity index (χ0n) is 11.7. The van der Waals surface area contributed by atoms with Gasteiger partial charge in [0.15, 0.2) is 23.4 Å².